The van der Waals surface area contributed by atoms with Crippen molar-refractivity contribution in [3.05, 3.63) is 34.8 Å². The van der Waals surface area contributed by atoms with Gasteiger partial charge in [-0.25, -0.2) is 0 Å². The summed E-state index contributed by atoms with van der Waals surface area (Å²) < 4.78 is 0. The minimum atomic E-state index is -0.184. The normalized spacial score (nSPS) is 10.1. The molecular formula is C11H11N3O2S. The first kappa shape index (κ1) is 11.5. The molecule has 0 saturated carbocycles. The Morgan fingerprint density at radius 1 is 1.41 bits per heavy atom. The number of thiophene rings is 1. The zero-order chi connectivity index (χ0) is 12.1. The Balaban J connectivity index is 1.79. The topological polar surface area (TPSA) is 74.8 Å². The van der Waals surface area contributed by atoms with Crippen LogP contribution in [0.4, 0.5) is 5.69 Å². The van der Waals surface area contributed by atoms with Gasteiger partial charge in [-0.05, 0) is 11.4 Å². The summed E-state index contributed by atoms with van der Waals surface area (Å²) in [7, 11) is 0. The summed E-state index contributed by atoms with van der Waals surface area (Å²) in [6.07, 6.45) is 3.50. The molecule has 6 heteroatoms. The first-order valence-electron chi connectivity index (χ1n) is 5.11. The summed E-state index contributed by atoms with van der Waals surface area (Å²) >= 11 is 1.39. The second-order valence-electron chi connectivity index (χ2n) is 3.44. The van der Waals surface area contributed by atoms with E-state index in [0.29, 0.717) is 10.6 Å². The Hall–Kier alpha value is -1.95. The van der Waals surface area contributed by atoms with Crippen LogP contribution in [0.1, 0.15) is 22.5 Å². The van der Waals surface area contributed by atoms with Gasteiger partial charge in [-0.2, -0.15) is 5.10 Å². The molecule has 0 bridgehead atoms. The van der Waals surface area contributed by atoms with E-state index >= 15 is 0 Å². The van der Waals surface area contributed by atoms with Crippen LogP contribution in [-0.2, 0) is 4.79 Å². The highest BCUT2D eigenvalue weighted by Crippen LogP contribution is 2.12. The number of hydrogen-bond donors (Lipinski definition) is 2. The van der Waals surface area contributed by atoms with Gasteiger partial charge < -0.3 is 5.32 Å². The zero-order valence-corrected chi connectivity index (χ0v) is 9.79. The molecule has 2 aromatic heterocycles. The number of carbonyl (C=O) groups excluding carboxylic acids is 2. The third-order valence-corrected chi connectivity index (χ3v) is 3.07. The molecule has 1 amide bonds. The molecule has 0 fully saturated rings. The van der Waals surface area contributed by atoms with Crippen LogP contribution >= 0.6 is 11.3 Å². The number of Topliss-reactive ketones (excluding diaryl/α,β-unsaturated/α-hetero) is 1. The van der Waals surface area contributed by atoms with Crippen molar-refractivity contribution in [3.63, 3.8) is 0 Å². The molecule has 5 nitrogen and oxygen atoms in total. The number of hydrogen-bond acceptors (Lipinski definition) is 4. The fourth-order valence-electron chi connectivity index (χ4n) is 1.33. The molecule has 0 aliphatic rings. The standard InChI is InChI=1S/C11H11N3O2S/c15-9(10-2-1-5-17-10)3-4-11(16)14-8-6-12-13-7-8/h1-2,5-7H,3-4H2,(H,12,13)(H,14,16). The third kappa shape index (κ3) is 3.25. The summed E-state index contributed by atoms with van der Waals surface area (Å²) in [5.74, 6) is -0.182. The van der Waals surface area contributed by atoms with E-state index in [1.807, 2.05) is 11.4 Å². The average Bonchev–Trinajstić information content (AvgIpc) is 2.97. The lowest BCUT2D eigenvalue weighted by Crippen LogP contribution is -2.12. The maximum Gasteiger partial charge on any atom is 0.224 e. The van der Waals surface area contributed by atoms with Gasteiger partial charge in [0.1, 0.15) is 0 Å². The zero-order valence-electron chi connectivity index (χ0n) is 8.97. The van der Waals surface area contributed by atoms with Crippen LogP contribution in [0.5, 0.6) is 0 Å². The van der Waals surface area contributed by atoms with E-state index in [-0.39, 0.29) is 24.5 Å². The number of carbonyl (C=O) groups is 2. The molecule has 2 heterocycles. The SMILES string of the molecule is O=C(CCC(=O)c1cccs1)Nc1cn[nH]c1. The van der Waals surface area contributed by atoms with Gasteiger partial charge in [0, 0.05) is 19.0 Å². The molecule has 0 aliphatic carbocycles. The molecule has 0 radical (unpaired) electrons. The minimum Gasteiger partial charge on any atom is -0.323 e. The van der Waals surface area contributed by atoms with Gasteiger partial charge in [-0.3, -0.25) is 14.7 Å². The predicted octanol–water partition coefficient (Wildman–Crippen LogP) is 2.07. The highest BCUT2D eigenvalue weighted by atomic mass is 32.1. The molecule has 2 rings (SSSR count). The largest absolute Gasteiger partial charge is 0.323 e. The Kier molecular flexibility index (Phi) is 3.66. The molecule has 0 atom stereocenters. The third-order valence-electron chi connectivity index (χ3n) is 2.16. The predicted molar refractivity (Wildman–Crippen MR) is 65.1 cm³/mol. The Bertz CT molecular complexity index is 491. The Morgan fingerprint density at radius 3 is 2.94 bits per heavy atom. The van der Waals surface area contributed by atoms with Crippen molar-refractivity contribution in [2.45, 2.75) is 12.8 Å². The van der Waals surface area contributed by atoms with Crippen LogP contribution in [0, 0.1) is 0 Å². The van der Waals surface area contributed by atoms with E-state index in [4.69, 9.17) is 0 Å². The van der Waals surface area contributed by atoms with Crippen molar-refractivity contribution in [1.82, 2.24) is 10.2 Å². The summed E-state index contributed by atoms with van der Waals surface area (Å²) in [5.41, 5.74) is 0.610. The molecule has 0 saturated heterocycles. The van der Waals surface area contributed by atoms with Crippen molar-refractivity contribution in [1.29, 1.82) is 0 Å². The molecule has 0 unspecified atom stereocenters. The highest BCUT2D eigenvalue weighted by molar-refractivity contribution is 7.12. The van der Waals surface area contributed by atoms with Crippen molar-refractivity contribution in [2.75, 3.05) is 5.32 Å². The molecular weight excluding hydrogens is 238 g/mol. The molecule has 0 aliphatic heterocycles. The maximum absolute atomic E-state index is 11.6. The number of anilines is 1. The van der Waals surface area contributed by atoms with Gasteiger partial charge in [0.05, 0.1) is 16.8 Å². The molecule has 88 valence electrons. The molecule has 17 heavy (non-hydrogen) atoms. The number of nitrogens with one attached hydrogen (secondary N) is 2. The number of ketones is 1. The fraction of sp³-hybridized carbons (Fsp3) is 0.182. The Labute approximate surface area is 102 Å². The van der Waals surface area contributed by atoms with Crippen molar-refractivity contribution < 1.29 is 9.59 Å². The average molecular weight is 249 g/mol. The molecule has 2 aromatic rings. The number of nitrogens with zero attached hydrogens (tertiary/aromatic N) is 1. The smallest absolute Gasteiger partial charge is 0.224 e. The van der Waals surface area contributed by atoms with Gasteiger partial charge in [0.15, 0.2) is 5.78 Å². The van der Waals surface area contributed by atoms with E-state index in [0.717, 1.165) is 0 Å². The van der Waals surface area contributed by atoms with E-state index in [2.05, 4.69) is 15.5 Å². The first-order chi connectivity index (χ1) is 8.25. The van der Waals surface area contributed by atoms with Crippen LogP contribution in [-0.4, -0.2) is 21.9 Å². The summed E-state index contributed by atoms with van der Waals surface area (Å²) in [6, 6.07) is 3.59. The first-order valence-corrected chi connectivity index (χ1v) is 5.99. The number of H-pyrrole nitrogens is 1. The van der Waals surface area contributed by atoms with Crippen LogP contribution in [0.15, 0.2) is 29.9 Å². The van der Waals surface area contributed by atoms with Crippen LogP contribution in [0.25, 0.3) is 0 Å². The van der Waals surface area contributed by atoms with Crippen LogP contribution in [0.3, 0.4) is 0 Å². The summed E-state index contributed by atoms with van der Waals surface area (Å²) in [5, 5.41) is 10.8. The van der Waals surface area contributed by atoms with Gasteiger partial charge in [0.2, 0.25) is 5.91 Å². The minimum absolute atomic E-state index is 0.00217. The van der Waals surface area contributed by atoms with E-state index in [1.165, 1.54) is 17.5 Å². The van der Waals surface area contributed by atoms with E-state index < -0.39 is 0 Å². The van der Waals surface area contributed by atoms with Crippen LogP contribution in [0.2, 0.25) is 0 Å². The Morgan fingerprint density at radius 2 is 2.29 bits per heavy atom. The van der Waals surface area contributed by atoms with E-state index in [1.54, 1.807) is 12.3 Å². The number of aromatic amines is 1. The van der Waals surface area contributed by atoms with Crippen molar-refractivity contribution >= 4 is 28.7 Å². The lowest BCUT2D eigenvalue weighted by molar-refractivity contribution is -0.116. The number of amides is 1. The monoisotopic (exact) mass is 249 g/mol. The lowest BCUT2D eigenvalue weighted by Gasteiger charge is -2.00. The number of aromatic nitrogens is 2. The number of rotatable bonds is 5. The summed E-state index contributed by atoms with van der Waals surface area (Å²) in [6.45, 7) is 0. The highest BCUT2D eigenvalue weighted by Gasteiger charge is 2.10. The molecule has 0 spiro atoms. The fourth-order valence-corrected chi connectivity index (χ4v) is 2.02. The second kappa shape index (κ2) is 5.40. The maximum atomic E-state index is 11.6. The quantitative estimate of drug-likeness (QED) is 0.796. The van der Waals surface area contributed by atoms with Crippen LogP contribution < -0.4 is 5.32 Å². The van der Waals surface area contributed by atoms with Crippen molar-refractivity contribution in [3.8, 4) is 0 Å². The van der Waals surface area contributed by atoms with Gasteiger partial charge >= 0.3 is 0 Å². The van der Waals surface area contributed by atoms with Crippen molar-refractivity contribution in [2.24, 2.45) is 0 Å². The van der Waals surface area contributed by atoms with E-state index in [9.17, 15) is 9.59 Å². The lowest BCUT2D eigenvalue weighted by atomic mass is 10.2. The second-order valence-corrected chi connectivity index (χ2v) is 4.38. The summed E-state index contributed by atoms with van der Waals surface area (Å²) in [4.78, 5) is 23.8. The van der Waals surface area contributed by atoms with Gasteiger partial charge in [-0.1, -0.05) is 6.07 Å². The van der Waals surface area contributed by atoms with Gasteiger partial charge in [0.25, 0.3) is 0 Å². The van der Waals surface area contributed by atoms with Gasteiger partial charge in [-0.15, -0.1) is 11.3 Å². The molecule has 2 N–H and O–H groups in total. The molecule has 0 aromatic carbocycles.